The molecule has 0 aliphatic carbocycles. The highest BCUT2D eigenvalue weighted by molar-refractivity contribution is 7.82. The lowest BCUT2D eigenvalue weighted by Gasteiger charge is -2.42. The zero-order valence-electron chi connectivity index (χ0n) is 38.7. The fraction of sp³-hybridized carbons (Fsp3) is 0.930. The van der Waals surface area contributed by atoms with Gasteiger partial charge in [-0.15, -0.1) is 12.6 Å². The van der Waals surface area contributed by atoms with Crippen molar-refractivity contribution in [1.29, 1.82) is 0 Å². The van der Waals surface area contributed by atoms with Crippen molar-refractivity contribution in [1.82, 2.24) is 16.0 Å². The fourth-order valence-corrected chi connectivity index (χ4v) is 7.44. The third kappa shape index (κ3) is 25.2. The Labute approximate surface area is 339 Å². The summed E-state index contributed by atoms with van der Waals surface area (Å²) < 4.78 is 10.6. The summed E-state index contributed by atoms with van der Waals surface area (Å²) in [5, 5.41) is 20.0. The van der Waals surface area contributed by atoms with E-state index in [0.717, 1.165) is 19.3 Å². The molecule has 1 amide bonds. The van der Waals surface area contributed by atoms with Gasteiger partial charge in [0.1, 0.15) is 16.4 Å². The van der Waals surface area contributed by atoms with Gasteiger partial charge < -0.3 is 25.6 Å². The summed E-state index contributed by atoms with van der Waals surface area (Å²) >= 11 is 4.66. The number of ether oxygens (including phenoxy) is 2. The van der Waals surface area contributed by atoms with Gasteiger partial charge in [0.15, 0.2) is 5.78 Å². The Bertz CT molecular complexity index is 1070. The van der Waals surface area contributed by atoms with Gasteiger partial charge in [-0.1, -0.05) is 90.0 Å². The molecule has 0 radical (unpaired) electrons. The van der Waals surface area contributed by atoms with Gasteiger partial charge in [0, 0.05) is 40.8 Å². The van der Waals surface area contributed by atoms with E-state index in [1.54, 1.807) is 6.92 Å². The van der Waals surface area contributed by atoms with Crippen LogP contribution in [-0.4, -0.2) is 83.8 Å². The lowest BCUT2D eigenvalue weighted by atomic mass is 9.67. The van der Waals surface area contributed by atoms with Crippen LogP contribution in [0, 0.1) is 28.1 Å². The minimum atomic E-state index is -1.10. The first-order valence-electron chi connectivity index (χ1n) is 20.5. The molecule has 2 unspecified atom stereocenters. The topological polar surface area (TPSA) is 152 Å². The highest BCUT2D eigenvalue weighted by atomic mass is 32.1. The van der Waals surface area contributed by atoms with Gasteiger partial charge in [0.25, 0.3) is 0 Å². The van der Waals surface area contributed by atoms with Crippen molar-refractivity contribution < 1.29 is 29.0 Å². The van der Waals surface area contributed by atoms with Gasteiger partial charge in [-0.25, -0.2) is 0 Å². The number of aliphatic hydroxyl groups is 1. The van der Waals surface area contributed by atoms with Crippen molar-refractivity contribution in [2.24, 2.45) is 33.8 Å². The molecule has 54 heavy (non-hydrogen) atoms. The van der Waals surface area contributed by atoms with Gasteiger partial charge in [-0.3, -0.25) is 25.0 Å². The van der Waals surface area contributed by atoms with Crippen LogP contribution in [-0.2, 0) is 23.9 Å². The van der Waals surface area contributed by atoms with Gasteiger partial charge in [0.05, 0.1) is 26.4 Å². The summed E-state index contributed by atoms with van der Waals surface area (Å²) in [6.07, 6.45) is 4.18. The number of hydrogen-bond donors (Lipinski definition) is 6. The van der Waals surface area contributed by atoms with Crippen LogP contribution in [0.2, 0.25) is 0 Å². The average Bonchev–Trinajstić information content (AvgIpc) is 3.00. The molecule has 0 saturated carbocycles. The molecule has 0 spiro atoms. The predicted molar refractivity (Wildman–Crippen MR) is 232 cm³/mol. The normalized spacial score (nSPS) is 15.9. The van der Waals surface area contributed by atoms with E-state index in [4.69, 9.17) is 15.2 Å². The number of rotatable bonds is 24. The summed E-state index contributed by atoms with van der Waals surface area (Å²) in [4.78, 5) is 37.2. The highest BCUT2D eigenvalue weighted by Crippen LogP contribution is 2.41. The fourth-order valence-electron chi connectivity index (χ4n) is 6.79. The molecule has 0 aliphatic rings. The number of carbonyl (C=O) groups excluding carboxylic acids is 3. The maximum Gasteiger partial charge on any atom is 0.226 e. The lowest BCUT2D eigenvalue weighted by molar-refractivity contribution is -0.138. The van der Waals surface area contributed by atoms with E-state index < -0.39 is 27.0 Å². The maximum atomic E-state index is 13.2. The Hall–Kier alpha value is -1.08. The molecular formula is C43H90N4O6S. The van der Waals surface area contributed by atoms with Crippen molar-refractivity contribution in [3.8, 4) is 0 Å². The number of unbranched alkanes of at least 4 members (excludes halogenated alkanes) is 1. The van der Waals surface area contributed by atoms with Crippen molar-refractivity contribution >= 4 is 30.1 Å². The predicted octanol–water partition coefficient (Wildman–Crippen LogP) is 8.09. The maximum absolute atomic E-state index is 13.2. The second-order valence-corrected chi connectivity index (χ2v) is 20.1. The van der Waals surface area contributed by atoms with Crippen molar-refractivity contribution in [3.05, 3.63) is 0 Å². The minimum absolute atomic E-state index is 0.00308. The summed E-state index contributed by atoms with van der Waals surface area (Å²) in [7, 11) is 0. The van der Waals surface area contributed by atoms with Crippen LogP contribution in [0.4, 0.5) is 0 Å². The van der Waals surface area contributed by atoms with E-state index >= 15 is 0 Å². The first kappa shape index (κ1) is 57.2. The smallest absolute Gasteiger partial charge is 0.226 e. The Morgan fingerprint density at radius 2 is 1.31 bits per heavy atom. The average molecular weight is 791 g/mol. The van der Waals surface area contributed by atoms with E-state index in [1.165, 1.54) is 0 Å². The van der Waals surface area contributed by atoms with Crippen LogP contribution < -0.4 is 21.7 Å². The van der Waals surface area contributed by atoms with Crippen LogP contribution >= 0.6 is 12.6 Å². The number of Topliss-reactive ketones (excluding diaryl/α,β-unsaturated/α-hetero) is 2. The third-order valence-corrected chi connectivity index (χ3v) is 9.66. The summed E-state index contributed by atoms with van der Waals surface area (Å²) in [6.45, 7) is 41.0. The molecule has 0 heterocycles. The van der Waals surface area contributed by atoms with Crippen molar-refractivity contribution in [3.63, 3.8) is 0 Å². The van der Waals surface area contributed by atoms with Crippen LogP contribution in [0.5, 0.6) is 0 Å². The van der Waals surface area contributed by atoms with E-state index in [0.29, 0.717) is 52.2 Å². The van der Waals surface area contributed by atoms with Crippen LogP contribution in [0.25, 0.3) is 0 Å². The number of nitrogens with one attached hydrogen (secondary N) is 3. The highest BCUT2D eigenvalue weighted by Gasteiger charge is 2.43. The minimum Gasteiger partial charge on any atom is -0.378 e. The molecule has 0 rings (SSSR count). The zero-order chi connectivity index (χ0) is 43.4. The molecule has 0 fully saturated rings. The van der Waals surface area contributed by atoms with E-state index in [-0.39, 0.29) is 46.9 Å². The first-order chi connectivity index (χ1) is 24.3. The molecule has 0 aliphatic heterocycles. The molecule has 0 saturated heterocycles. The monoisotopic (exact) mass is 791 g/mol. The molecule has 11 heteroatoms. The quantitative estimate of drug-likeness (QED) is 0.0324. The SMILES string of the molecule is CC.CC(C)C(=O)C(C)(C)CC(C)(C)NC(=O)C(C)(CC(C)(C)C)C(C)C.CCC(=O)[C@@](S)(CCCCNC(C)(O)COCCOCCN)NC(C)(C)C. The van der Waals surface area contributed by atoms with Crippen molar-refractivity contribution in [2.75, 3.05) is 39.5 Å². The number of ketones is 2. The summed E-state index contributed by atoms with van der Waals surface area (Å²) in [5.74, 6) is 0.688. The number of thiol groups is 1. The Morgan fingerprint density at radius 3 is 1.74 bits per heavy atom. The largest absolute Gasteiger partial charge is 0.378 e. The number of carbonyl (C=O) groups is 3. The summed E-state index contributed by atoms with van der Waals surface area (Å²) in [6, 6.07) is 0. The molecule has 10 nitrogen and oxygen atoms in total. The lowest BCUT2D eigenvalue weighted by Crippen LogP contribution is -2.55. The Morgan fingerprint density at radius 1 is 0.796 bits per heavy atom. The molecule has 6 N–H and O–H groups in total. The van der Waals surface area contributed by atoms with Crippen LogP contribution in [0.3, 0.4) is 0 Å². The van der Waals surface area contributed by atoms with E-state index in [9.17, 15) is 19.5 Å². The van der Waals surface area contributed by atoms with E-state index in [1.807, 2.05) is 83.1 Å². The molecule has 3 atom stereocenters. The van der Waals surface area contributed by atoms with Gasteiger partial charge in [-0.2, -0.15) is 0 Å². The van der Waals surface area contributed by atoms with Crippen LogP contribution in [0.1, 0.15) is 170 Å². The second kappa shape index (κ2) is 25.3. The number of amides is 1. The molecule has 0 bridgehead atoms. The molecule has 0 aromatic rings. The standard InChI is InChI=1S/C22H43NO2.C19H41N3O4S.C2H6/c1-15(2)17(24)20(8,9)14-21(10,11)23-18(25)22(12,16(3)4)13-19(5,6)7;1-6-16(23)19(27,22-17(2,3)4)9-7-8-11-21-18(5,24)15-26-14-13-25-12-10-20;1-2/h15-16H,13-14H2,1-12H3,(H,23,25);21-22,24,27H,6-15,20H2,1-5H3;1-2H3/t;18?,19-;/m.0./s1. The molecule has 0 aromatic heterocycles. The number of nitrogens with two attached hydrogens (primary N) is 1. The van der Waals surface area contributed by atoms with Gasteiger partial charge in [-0.05, 0) is 91.5 Å². The molecule has 324 valence electrons. The number of hydrogen-bond acceptors (Lipinski definition) is 10. The molecule has 0 aromatic carbocycles. The third-order valence-electron chi connectivity index (χ3n) is 9.07. The van der Waals surface area contributed by atoms with Gasteiger partial charge in [0.2, 0.25) is 5.91 Å². The van der Waals surface area contributed by atoms with Crippen molar-refractivity contribution in [2.45, 2.75) is 192 Å². The van der Waals surface area contributed by atoms with E-state index in [2.05, 4.69) is 70.1 Å². The zero-order valence-corrected chi connectivity index (χ0v) is 39.5. The first-order valence-corrected chi connectivity index (χ1v) is 21.0. The second-order valence-electron chi connectivity index (χ2n) is 19.4. The molecular weight excluding hydrogens is 701 g/mol. The van der Waals surface area contributed by atoms with Gasteiger partial charge >= 0.3 is 0 Å². The summed E-state index contributed by atoms with van der Waals surface area (Å²) in [5.41, 5.74) is 2.79. The van der Waals surface area contributed by atoms with Crippen LogP contribution in [0.15, 0.2) is 0 Å². The Kier molecular flexibility index (Phi) is 26.8. The Balaban J connectivity index is -0.000000923.